The van der Waals surface area contributed by atoms with Gasteiger partial charge in [-0.3, -0.25) is 0 Å². The fourth-order valence-electron chi connectivity index (χ4n) is 1.72. The Morgan fingerprint density at radius 3 is 2.11 bits per heavy atom. The van der Waals surface area contributed by atoms with Crippen LogP contribution in [0.1, 0.15) is 0 Å². The normalized spacial score (nSPS) is 11.2. The maximum atomic E-state index is 12.0. The summed E-state index contributed by atoms with van der Waals surface area (Å²) in [5.74, 6) is 0.415. The van der Waals surface area contributed by atoms with Gasteiger partial charge in [-0.1, -0.05) is 30.3 Å². The zero-order valence-corrected chi connectivity index (χ0v) is 10.1. The quantitative estimate of drug-likeness (QED) is 0.828. The summed E-state index contributed by atoms with van der Waals surface area (Å²) in [4.78, 5) is 0. The molecular formula is C14H11F3O2. The summed E-state index contributed by atoms with van der Waals surface area (Å²) < 4.78 is 45.1. The van der Waals surface area contributed by atoms with Crippen LogP contribution in [0.25, 0.3) is 11.1 Å². The minimum atomic E-state index is -4.67. The van der Waals surface area contributed by atoms with E-state index in [1.807, 2.05) is 18.2 Å². The van der Waals surface area contributed by atoms with Gasteiger partial charge in [-0.2, -0.15) is 0 Å². The molecule has 2 aromatic rings. The predicted octanol–water partition coefficient (Wildman–Crippen LogP) is 4.26. The lowest BCUT2D eigenvalue weighted by atomic mass is 10.0. The minimum Gasteiger partial charge on any atom is -0.496 e. The third-order valence-corrected chi connectivity index (χ3v) is 2.51. The van der Waals surface area contributed by atoms with Gasteiger partial charge in [-0.05, 0) is 23.8 Å². The highest BCUT2D eigenvalue weighted by atomic mass is 19.4. The summed E-state index contributed by atoms with van der Waals surface area (Å²) in [7, 11) is 1.54. The first-order valence-electron chi connectivity index (χ1n) is 5.49. The summed E-state index contributed by atoms with van der Waals surface area (Å²) in [6.07, 6.45) is -4.67. The number of halogens is 3. The van der Waals surface area contributed by atoms with Crippen molar-refractivity contribution >= 4 is 0 Å². The molecule has 5 heteroatoms. The van der Waals surface area contributed by atoms with Crippen molar-refractivity contribution in [2.45, 2.75) is 6.36 Å². The molecule has 100 valence electrons. The number of ether oxygens (including phenoxy) is 2. The van der Waals surface area contributed by atoms with Crippen molar-refractivity contribution in [2.75, 3.05) is 7.11 Å². The minimum absolute atomic E-state index is 0.244. The molecule has 0 radical (unpaired) electrons. The summed E-state index contributed by atoms with van der Waals surface area (Å²) in [5.41, 5.74) is 1.57. The highest BCUT2D eigenvalue weighted by Crippen LogP contribution is 2.31. The molecule has 0 saturated heterocycles. The zero-order valence-electron chi connectivity index (χ0n) is 10.1. The molecule has 0 unspecified atom stereocenters. The topological polar surface area (TPSA) is 18.5 Å². The maximum absolute atomic E-state index is 12.0. The van der Waals surface area contributed by atoms with E-state index in [0.717, 1.165) is 11.1 Å². The number of para-hydroxylation sites is 1. The first-order valence-corrected chi connectivity index (χ1v) is 5.49. The largest absolute Gasteiger partial charge is 0.573 e. The van der Waals surface area contributed by atoms with Crippen LogP contribution in [0.15, 0.2) is 48.5 Å². The Labute approximate surface area is 108 Å². The SMILES string of the molecule is COc1ccccc1-c1ccc(OC(F)(F)F)cc1. The van der Waals surface area contributed by atoms with Crippen LogP contribution in [0.2, 0.25) is 0 Å². The highest BCUT2D eigenvalue weighted by molar-refractivity contribution is 5.70. The van der Waals surface area contributed by atoms with E-state index in [1.165, 1.54) is 12.1 Å². The lowest BCUT2D eigenvalue weighted by Crippen LogP contribution is -2.16. The van der Waals surface area contributed by atoms with E-state index in [2.05, 4.69) is 4.74 Å². The van der Waals surface area contributed by atoms with E-state index in [9.17, 15) is 13.2 Å². The number of hydrogen-bond acceptors (Lipinski definition) is 2. The summed E-state index contributed by atoms with van der Waals surface area (Å²) in [6.45, 7) is 0. The second kappa shape index (κ2) is 5.22. The molecule has 0 aromatic heterocycles. The molecule has 0 fully saturated rings. The van der Waals surface area contributed by atoms with Gasteiger partial charge in [-0.25, -0.2) is 0 Å². The van der Waals surface area contributed by atoms with E-state index in [1.54, 1.807) is 25.3 Å². The fourth-order valence-corrected chi connectivity index (χ4v) is 1.72. The molecule has 0 saturated carbocycles. The summed E-state index contributed by atoms with van der Waals surface area (Å²) >= 11 is 0. The van der Waals surface area contributed by atoms with Crippen molar-refractivity contribution in [1.29, 1.82) is 0 Å². The second-order valence-electron chi connectivity index (χ2n) is 3.77. The number of hydrogen-bond donors (Lipinski definition) is 0. The molecule has 0 atom stereocenters. The van der Waals surface area contributed by atoms with Crippen molar-refractivity contribution in [3.8, 4) is 22.6 Å². The Kier molecular flexibility index (Phi) is 3.64. The van der Waals surface area contributed by atoms with Crippen LogP contribution in [-0.4, -0.2) is 13.5 Å². The fraction of sp³-hybridized carbons (Fsp3) is 0.143. The first-order chi connectivity index (χ1) is 8.99. The molecule has 19 heavy (non-hydrogen) atoms. The molecule has 0 aliphatic carbocycles. The molecular weight excluding hydrogens is 257 g/mol. The van der Waals surface area contributed by atoms with Gasteiger partial charge in [0.1, 0.15) is 11.5 Å². The molecule has 2 aromatic carbocycles. The van der Waals surface area contributed by atoms with Crippen LogP contribution >= 0.6 is 0 Å². The summed E-state index contributed by atoms with van der Waals surface area (Å²) in [6, 6.07) is 12.9. The van der Waals surface area contributed by atoms with Gasteiger partial charge in [0.05, 0.1) is 7.11 Å². The average molecular weight is 268 g/mol. The van der Waals surface area contributed by atoms with E-state index in [-0.39, 0.29) is 5.75 Å². The lowest BCUT2D eigenvalue weighted by molar-refractivity contribution is -0.274. The van der Waals surface area contributed by atoms with Crippen molar-refractivity contribution in [1.82, 2.24) is 0 Å². The van der Waals surface area contributed by atoms with Crippen LogP contribution in [0.4, 0.5) is 13.2 Å². The number of rotatable bonds is 3. The Morgan fingerprint density at radius 1 is 0.895 bits per heavy atom. The molecule has 0 aliphatic rings. The molecule has 0 heterocycles. The second-order valence-corrected chi connectivity index (χ2v) is 3.77. The van der Waals surface area contributed by atoms with E-state index < -0.39 is 6.36 Å². The van der Waals surface area contributed by atoms with Crippen LogP contribution in [0, 0.1) is 0 Å². The average Bonchev–Trinajstić information content (AvgIpc) is 2.38. The molecule has 2 nitrogen and oxygen atoms in total. The van der Waals surface area contributed by atoms with E-state index in [4.69, 9.17) is 4.74 Å². The predicted molar refractivity (Wildman–Crippen MR) is 65.1 cm³/mol. The van der Waals surface area contributed by atoms with Crippen LogP contribution < -0.4 is 9.47 Å². The molecule has 0 bridgehead atoms. The van der Waals surface area contributed by atoms with E-state index in [0.29, 0.717) is 5.75 Å². The molecule has 0 spiro atoms. The van der Waals surface area contributed by atoms with Gasteiger partial charge in [0.15, 0.2) is 0 Å². The van der Waals surface area contributed by atoms with Crippen molar-refractivity contribution in [3.05, 3.63) is 48.5 Å². The lowest BCUT2D eigenvalue weighted by Gasteiger charge is -2.11. The third kappa shape index (κ3) is 3.40. The smallest absolute Gasteiger partial charge is 0.496 e. The van der Waals surface area contributed by atoms with Crippen molar-refractivity contribution in [3.63, 3.8) is 0 Å². The zero-order chi connectivity index (χ0) is 13.9. The van der Waals surface area contributed by atoms with Gasteiger partial charge < -0.3 is 9.47 Å². The Balaban J connectivity index is 2.27. The highest BCUT2D eigenvalue weighted by Gasteiger charge is 2.30. The Bertz CT molecular complexity index is 547. The van der Waals surface area contributed by atoms with Crippen molar-refractivity contribution in [2.24, 2.45) is 0 Å². The molecule has 2 rings (SSSR count). The van der Waals surface area contributed by atoms with Gasteiger partial charge in [0.2, 0.25) is 0 Å². The first kappa shape index (κ1) is 13.3. The monoisotopic (exact) mass is 268 g/mol. The van der Waals surface area contributed by atoms with Gasteiger partial charge in [-0.15, -0.1) is 13.2 Å². The van der Waals surface area contributed by atoms with Crippen LogP contribution in [-0.2, 0) is 0 Å². The molecule has 0 amide bonds. The van der Waals surface area contributed by atoms with Gasteiger partial charge in [0, 0.05) is 5.56 Å². The standard InChI is InChI=1S/C14H11F3O2/c1-18-13-5-3-2-4-12(13)10-6-8-11(9-7-10)19-14(15,16)17/h2-9H,1H3. The Morgan fingerprint density at radius 2 is 1.53 bits per heavy atom. The Hall–Kier alpha value is -2.17. The van der Waals surface area contributed by atoms with Gasteiger partial charge >= 0.3 is 6.36 Å². The van der Waals surface area contributed by atoms with Gasteiger partial charge in [0.25, 0.3) is 0 Å². The summed E-state index contributed by atoms with van der Waals surface area (Å²) in [5, 5.41) is 0. The number of benzene rings is 2. The third-order valence-electron chi connectivity index (χ3n) is 2.51. The van der Waals surface area contributed by atoms with Crippen LogP contribution in [0.3, 0.4) is 0 Å². The number of methoxy groups -OCH3 is 1. The van der Waals surface area contributed by atoms with Crippen LogP contribution in [0.5, 0.6) is 11.5 Å². The molecule has 0 N–H and O–H groups in total. The van der Waals surface area contributed by atoms with E-state index >= 15 is 0 Å². The molecule has 0 aliphatic heterocycles. The van der Waals surface area contributed by atoms with Crippen molar-refractivity contribution < 1.29 is 22.6 Å². The number of alkyl halides is 3. The maximum Gasteiger partial charge on any atom is 0.573 e.